The molecule has 0 bridgehead atoms. The van der Waals surface area contributed by atoms with Crippen LogP contribution in [-0.4, -0.2) is 22.1 Å². The standard InChI is InChI=1S/C15H20ClN3/c1-9(2)19-14-12(16)5-4-6-13(14)18-15(19)11-7-8-17-10(11)3/h4-6,9-11,17H,7-8H2,1-3H3. The van der Waals surface area contributed by atoms with Crippen molar-refractivity contribution in [3.63, 3.8) is 0 Å². The van der Waals surface area contributed by atoms with E-state index in [1.165, 1.54) is 5.82 Å². The molecule has 0 spiro atoms. The van der Waals surface area contributed by atoms with Crippen molar-refractivity contribution in [2.75, 3.05) is 6.54 Å². The molecule has 2 heterocycles. The molecule has 1 aromatic carbocycles. The van der Waals surface area contributed by atoms with Crippen LogP contribution in [0.1, 0.15) is 45.0 Å². The number of rotatable bonds is 2. The van der Waals surface area contributed by atoms with Crippen LogP contribution in [0.4, 0.5) is 0 Å². The zero-order chi connectivity index (χ0) is 13.6. The van der Waals surface area contributed by atoms with Crippen molar-refractivity contribution in [3.05, 3.63) is 29.0 Å². The van der Waals surface area contributed by atoms with Crippen molar-refractivity contribution in [1.82, 2.24) is 14.9 Å². The van der Waals surface area contributed by atoms with Crippen LogP contribution in [-0.2, 0) is 0 Å². The summed E-state index contributed by atoms with van der Waals surface area (Å²) in [6, 6.07) is 6.82. The smallest absolute Gasteiger partial charge is 0.114 e. The van der Waals surface area contributed by atoms with E-state index in [0.29, 0.717) is 18.0 Å². The molecule has 2 aromatic rings. The van der Waals surface area contributed by atoms with Gasteiger partial charge < -0.3 is 9.88 Å². The molecule has 1 aromatic heterocycles. The van der Waals surface area contributed by atoms with Gasteiger partial charge in [0.25, 0.3) is 0 Å². The van der Waals surface area contributed by atoms with Crippen molar-refractivity contribution in [1.29, 1.82) is 0 Å². The Balaban J connectivity index is 2.24. The molecular formula is C15H20ClN3. The molecular weight excluding hydrogens is 258 g/mol. The first-order valence-corrected chi connectivity index (χ1v) is 7.37. The minimum absolute atomic E-state index is 0.368. The monoisotopic (exact) mass is 277 g/mol. The van der Waals surface area contributed by atoms with Crippen LogP contribution >= 0.6 is 11.6 Å². The van der Waals surface area contributed by atoms with Crippen molar-refractivity contribution < 1.29 is 0 Å². The number of nitrogens with one attached hydrogen (secondary N) is 1. The van der Waals surface area contributed by atoms with Gasteiger partial charge in [-0.05, 0) is 45.9 Å². The Bertz CT molecular complexity index is 603. The van der Waals surface area contributed by atoms with E-state index in [1.54, 1.807) is 0 Å². The molecule has 0 saturated carbocycles. The van der Waals surface area contributed by atoms with Crippen LogP contribution in [0.15, 0.2) is 18.2 Å². The van der Waals surface area contributed by atoms with E-state index >= 15 is 0 Å². The van der Waals surface area contributed by atoms with Gasteiger partial charge in [-0.25, -0.2) is 4.98 Å². The van der Waals surface area contributed by atoms with E-state index in [9.17, 15) is 0 Å². The highest BCUT2D eigenvalue weighted by Gasteiger charge is 2.30. The van der Waals surface area contributed by atoms with Gasteiger partial charge in [-0.2, -0.15) is 0 Å². The topological polar surface area (TPSA) is 29.9 Å². The Morgan fingerprint density at radius 3 is 2.84 bits per heavy atom. The van der Waals surface area contributed by atoms with E-state index in [4.69, 9.17) is 16.6 Å². The van der Waals surface area contributed by atoms with Crippen LogP contribution < -0.4 is 5.32 Å². The number of aromatic nitrogens is 2. The summed E-state index contributed by atoms with van der Waals surface area (Å²) >= 11 is 6.39. The maximum absolute atomic E-state index is 6.39. The molecule has 0 radical (unpaired) electrons. The van der Waals surface area contributed by atoms with Gasteiger partial charge in [0.15, 0.2) is 0 Å². The van der Waals surface area contributed by atoms with Gasteiger partial charge in [0, 0.05) is 18.0 Å². The van der Waals surface area contributed by atoms with Gasteiger partial charge in [-0.1, -0.05) is 17.7 Å². The lowest BCUT2D eigenvalue weighted by atomic mass is 10.0. The summed E-state index contributed by atoms with van der Waals surface area (Å²) in [6.45, 7) is 7.70. The maximum Gasteiger partial charge on any atom is 0.114 e. The van der Waals surface area contributed by atoms with Crippen molar-refractivity contribution >= 4 is 22.6 Å². The molecule has 1 fully saturated rings. The molecule has 19 heavy (non-hydrogen) atoms. The normalized spacial score (nSPS) is 23.6. The number of hydrogen-bond donors (Lipinski definition) is 1. The third-order valence-corrected chi connectivity index (χ3v) is 4.37. The number of imidazole rings is 1. The fourth-order valence-electron chi connectivity index (χ4n) is 3.12. The predicted molar refractivity (Wildman–Crippen MR) is 80.0 cm³/mol. The quantitative estimate of drug-likeness (QED) is 0.906. The highest BCUT2D eigenvalue weighted by atomic mass is 35.5. The summed E-state index contributed by atoms with van der Waals surface area (Å²) in [5.74, 6) is 1.65. The number of benzene rings is 1. The Hall–Kier alpha value is -1.06. The molecule has 4 heteroatoms. The molecule has 3 nitrogen and oxygen atoms in total. The van der Waals surface area contributed by atoms with Crippen LogP contribution in [0.2, 0.25) is 5.02 Å². The number of fused-ring (bicyclic) bond motifs is 1. The van der Waals surface area contributed by atoms with Crippen LogP contribution in [0.3, 0.4) is 0 Å². The first-order chi connectivity index (χ1) is 9.09. The Labute approximate surface area is 119 Å². The van der Waals surface area contributed by atoms with Gasteiger partial charge in [0.05, 0.1) is 16.1 Å². The Morgan fingerprint density at radius 2 is 2.21 bits per heavy atom. The number of para-hydroxylation sites is 1. The second-order valence-corrected chi connectivity index (χ2v) is 6.09. The first-order valence-electron chi connectivity index (χ1n) is 6.99. The minimum Gasteiger partial charge on any atom is -0.324 e. The van der Waals surface area contributed by atoms with Gasteiger partial charge in [0.2, 0.25) is 0 Å². The fraction of sp³-hybridized carbons (Fsp3) is 0.533. The molecule has 2 atom stereocenters. The van der Waals surface area contributed by atoms with E-state index in [-0.39, 0.29) is 0 Å². The van der Waals surface area contributed by atoms with Crippen LogP contribution in [0.5, 0.6) is 0 Å². The lowest BCUT2D eigenvalue weighted by Crippen LogP contribution is -2.24. The molecule has 1 aliphatic heterocycles. The second kappa shape index (κ2) is 4.80. The first kappa shape index (κ1) is 12.9. The summed E-state index contributed by atoms with van der Waals surface area (Å²) < 4.78 is 2.31. The number of hydrogen-bond acceptors (Lipinski definition) is 2. The molecule has 2 unspecified atom stereocenters. The number of halogens is 1. The van der Waals surface area contributed by atoms with Crippen LogP contribution in [0.25, 0.3) is 11.0 Å². The summed E-state index contributed by atoms with van der Waals surface area (Å²) in [4.78, 5) is 4.87. The Morgan fingerprint density at radius 1 is 1.42 bits per heavy atom. The van der Waals surface area contributed by atoms with Crippen molar-refractivity contribution in [3.8, 4) is 0 Å². The molecule has 1 saturated heterocycles. The molecule has 0 aliphatic carbocycles. The maximum atomic E-state index is 6.39. The average Bonchev–Trinajstić information content (AvgIpc) is 2.92. The van der Waals surface area contributed by atoms with Crippen molar-refractivity contribution in [2.24, 2.45) is 0 Å². The van der Waals surface area contributed by atoms with E-state index in [1.807, 2.05) is 12.1 Å². The third kappa shape index (κ3) is 2.05. The molecule has 1 N–H and O–H groups in total. The van der Waals surface area contributed by atoms with Gasteiger partial charge in [-0.3, -0.25) is 0 Å². The largest absolute Gasteiger partial charge is 0.324 e. The highest BCUT2D eigenvalue weighted by Crippen LogP contribution is 2.34. The zero-order valence-electron chi connectivity index (χ0n) is 11.7. The Kier molecular flexibility index (Phi) is 3.27. The summed E-state index contributed by atoms with van der Waals surface area (Å²) in [6.07, 6.45) is 1.15. The lowest BCUT2D eigenvalue weighted by Gasteiger charge is -2.20. The van der Waals surface area contributed by atoms with Gasteiger partial charge in [-0.15, -0.1) is 0 Å². The summed E-state index contributed by atoms with van der Waals surface area (Å²) in [5.41, 5.74) is 2.09. The molecule has 1 aliphatic rings. The SMILES string of the molecule is CC1NCCC1c1nc2cccc(Cl)c2n1C(C)C. The van der Waals surface area contributed by atoms with Crippen LogP contribution in [0, 0.1) is 0 Å². The average molecular weight is 278 g/mol. The minimum atomic E-state index is 0.368. The third-order valence-electron chi connectivity index (χ3n) is 4.06. The zero-order valence-corrected chi connectivity index (χ0v) is 12.4. The predicted octanol–water partition coefficient (Wildman–Crippen LogP) is 3.74. The van der Waals surface area contributed by atoms with E-state index in [2.05, 4.69) is 36.7 Å². The highest BCUT2D eigenvalue weighted by molar-refractivity contribution is 6.35. The van der Waals surface area contributed by atoms with Crippen molar-refractivity contribution in [2.45, 2.75) is 45.2 Å². The van der Waals surface area contributed by atoms with E-state index in [0.717, 1.165) is 29.0 Å². The molecule has 0 amide bonds. The molecule has 102 valence electrons. The van der Waals surface area contributed by atoms with E-state index < -0.39 is 0 Å². The van der Waals surface area contributed by atoms with Gasteiger partial charge >= 0.3 is 0 Å². The van der Waals surface area contributed by atoms with Gasteiger partial charge in [0.1, 0.15) is 5.82 Å². The fourth-order valence-corrected chi connectivity index (χ4v) is 3.38. The summed E-state index contributed by atoms with van der Waals surface area (Å²) in [7, 11) is 0. The molecule has 3 rings (SSSR count). The lowest BCUT2D eigenvalue weighted by molar-refractivity contribution is 0.507. The summed E-state index contributed by atoms with van der Waals surface area (Å²) in [5, 5.41) is 4.30. The second-order valence-electron chi connectivity index (χ2n) is 5.68. The number of nitrogens with zero attached hydrogens (tertiary/aromatic N) is 2.